The van der Waals surface area contributed by atoms with Gasteiger partial charge in [0.05, 0.1) is 6.10 Å². The van der Waals surface area contributed by atoms with Crippen LogP contribution in [0.2, 0.25) is 0 Å². The summed E-state index contributed by atoms with van der Waals surface area (Å²) < 4.78 is 5.59. The molecule has 2 N–H and O–H groups in total. The summed E-state index contributed by atoms with van der Waals surface area (Å²) in [6, 6.07) is 0. The van der Waals surface area contributed by atoms with E-state index in [9.17, 15) is 4.79 Å². The Labute approximate surface area is 110 Å². The van der Waals surface area contributed by atoms with E-state index in [0.717, 1.165) is 58.1 Å². The van der Waals surface area contributed by atoms with Crippen LogP contribution in [0.3, 0.4) is 0 Å². The van der Waals surface area contributed by atoms with Crippen molar-refractivity contribution in [1.29, 1.82) is 0 Å². The standard InChI is InChI=1S/C14H27NO3/c16-11-5-2-1-4-10-15-14(17)9-8-13-7-3-6-12-18-13/h13,16H,1-12H2,(H,15,17). The van der Waals surface area contributed by atoms with Gasteiger partial charge in [0.25, 0.3) is 0 Å². The normalized spacial score (nSPS) is 19.7. The third-order valence-corrected chi connectivity index (χ3v) is 3.37. The molecule has 18 heavy (non-hydrogen) atoms. The molecule has 0 aromatic heterocycles. The van der Waals surface area contributed by atoms with Crippen molar-refractivity contribution in [2.45, 2.75) is 63.9 Å². The SMILES string of the molecule is O=C(CCC1CCCCO1)NCCCCCCO. The minimum Gasteiger partial charge on any atom is -0.396 e. The lowest BCUT2D eigenvalue weighted by molar-refractivity contribution is -0.122. The summed E-state index contributed by atoms with van der Waals surface area (Å²) in [5.74, 6) is 0.145. The highest BCUT2D eigenvalue weighted by atomic mass is 16.5. The molecule has 1 unspecified atom stereocenters. The highest BCUT2D eigenvalue weighted by Crippen LogP contribution is 2.16. The molecule has 0 aliphatic carbocycles. The molecular weight excluding hydrogens is 230 g/mol. The lowest BCUT2D eigenvalue weighted by Crippen LogP contribution is -2.27. The Morgan fingerprint density at radius 1 is 1.22 bits per heavy atom. The number of unbranched alkanes of at least 4 members (excludes halogenated alkanes) is 3. The Morgan fingerprint density at radius 2 is 2.06 bits per heavy atom. The van der Waals surface area contributed by atoms with Gasteiger partial charge in [0, 0.05) is 26.2 Å². The Bertz CT molecular complexity index is 215. The average molecular weight is 257 g/mol. The summed E-state index contributed by atoms with van der Waals surface area (Å²) in [7, 11) is 0. The molecule has 1 heterocycles. The predicted octanol–water partition coefficient (Wildman–Crippen LogP) is 2.00. The Kier molecular flexibility index (Phi) is 8.86. The minimum absolute atomic E-state index is 0.145. The topological polar surface area (TPSA) is 58.6 Å². The largest absolute Gasteiger partial charge is 0.396 e. The van der Waals surface area contributed by atoms with Crippen molar-refractivity contribution in [2.24, 2.45) is 0 Å². The van der Waals surface area contributed by atoms with Crippen molar-refractivity contribution >= 4 is 5.91 Å². The zero-order valence-corrected chi connectivity index (χ0v) is 11.3. The zero-order valence-electron chi connectivity index (χ0n) is 11.3. The Hall–Kier alpha value is -0.610. The number of carbonyl (C=O) groups is 1. The van der Waals surface area contributed by atoms with Crippen molar-refractivity contribution in [3.63, 3.8) is 0 Å². The molecular formula is C14H27NO3. The van der Waals surface area contributed by atoms with Crippen molar-refractivity contribution in [3.8, 4) is 0 Å². The van der Waals surface area contributed by atoms with E-state index in [-0.39, 0.29) is 12.5 Å². The van der Waals surface area contributed by atoms with Crippen molar-refractivity contribution in [3.05, 3.63) is 0 Å². The number of aliphatic hydroxyl groups excluding tert-OH is 1. The lowest BCUT2D eigenvalue weighted by atomic mass is 10.0. The zero-order chi connectivity index (χ0) is 13.1. The second-order valence-electron chi connectivity index (χ2n) is 5.02. The molecule has 0 aromatic rings. The summed E-state index contributed by atoms with van der Waals surface area (Å²) in [6.07, 6.45) is 9.24. The number of hydrogen-bond donors (Lipinski definition) is 2. The first-order chi connectivity index (χ1) is 8.83. The van der Waals surface area contributed by atoms with Crippen LogP contribution in [0.25, 0.3) is 0 Å². The van der Waals surface area contributed by atoms with Gasteiger partial charge < -0.3 is 15.2 Å². The maximum Gasteiger partial charge on any atom is 0.220 e. The first-order valence-electron chi connectivity index (χ1n) is 7.32. The number of nitrogens with one attached hydrogen (secondary N) is 1. The second kappa shape index (κ2) is 10.3. The van der Waals surface area contributed by atoms with Crippen molar-refractivity contribution in [1.82, 2.24) is 5.32 Å². The number of rotatable bonds is 9. The van der Waals surface area contributed by atoms with E-state index in [0.29, 0.717) is 12.5 Å². The van der Waals surface area contributed by atoms with Gasteiger partial charge in [-0.25, -0.2) is 0 Å². The smallest absolute Gasteiger partial charge is 0.220 e. The number of aliphatic hydroxyl groups is 1. The van der Waals surface area contributed by atoms with Crippen LogP contribution < -0.4 is 5.32 Å². The van der Waals surface area contributed by atoms with Gasteiger partial charge in [0.1, 0.15) is 0 Å². The number of carbonyl (C=O) groups excluding carboxylic acids is 1. The van der Waals surface area contributed by atoms with Gasteiger partial charge in [0.2, 0.25) is 5.91 Å². The molecule has 4 nitrogen and oxygen atoms in total. The van der Waals surface area contributed by atoms with Crippen LogP contribution in [0.1, 0.15) is 57.8 Å². The molecule has 4 heteroatoms. The highest BCUT2D eigenvalue weighted by Gasteiger charge is 2.14. The van der Waals surface area contributed by atoms with Crippen LogP contribution in [0, 0.1) is 0 Å². The maximum absolute atomic E-state index is 11.6. The van der Waals surface area contributed by atoms with E-state index < -0.39 is 0 Å². The van der Waals surface area contributed by atoms with Gasteiger partial charge in [-0.1, -0.05) is 12.8 Å². The fourth-order valence-corrected chi connectivity index (χ4v) is 2.23. The summed E-state index contributed by atoms with van der Waals surface area (Å²) in [4.78, 5) is 11.6. The molecule has 1 aliphatic heterocycles. The molecule has 1 aliphatic rings. The van der Waals surface area contributed by atoms with E-state index in [1.807, 2.05) is 0 Å². The molecule has 1 rings (SSSR count). The molecule has 1 fully saturated rings. The molecule has 0 bridgehead atoms. The molecule has 0 aromatic carbocycles. The lowest BCUT2D eigenvalue weighted by Gasteiger charge is -2.22. The predicted molar refractivity (Wildman–Crippen MR) is 71.4 cm³/mol. The molecule has 1 saturated heterocycles. The second-order valence-corrected chi connectivity index (χ2v) is 5.02. The Morgan fingerprint density at radius 3 is 2.78 bits per heavy atom. The number of ether oxygens (including phenoxy) is 1. The van der Waals surface area contributed by atoms with Crippen LogP contribution in [0.15, 0.2) is 0 Å². The van der Waals surface area contributed by atoms with Crippen molar-refractivity contribution in [2.75, 3.05) is 19.8 Å². The summed E-state index contributed by atoms with van der Waals surface area (Å²) in [5, 5.41) is 11.6. The fraction of sp³-hybridized carbons (Fsp3) is 0.929. The van der Waals surface area contributed by atoms with Crippen LogP contribution in [0.4, 0.5) is 0 Å². The maximum atomic E-state index is 11.6. The van der Waals surface area contributed by atoms with Gasteiger partial charge >= 0.3 is 0 Å². The molecule has 0 spiro atoms. The third-order valence-electron chi connectivity index (χ3n) is 3.37. The van der Waals surface area contributed by atoms with Gasteiger partial charge in [-0.3, -0.25) is 4.79 Å². The van der Waals surface area contributed by atoms with Crippen LogP contribution in [0.5, 0.6) is 0 Å². The van der Waals surface area contributed by atoms with E-state index in [2.05, 4.69) is 5.32 Å². The molecule has 0 radical (unpaired) electrons. The molecule has 106 valence electrons. The first-order valence-corrected chi connectivity index (χ1v) is 7.32. The summed E-state index contributed by atoms with van der Waals surface area (Å²) in [5.41, 5.74) is 0. The minimum atomic E-state index is 0.145. The van der Waals surface area contributed by atoms with Crippen LogP contribution in [-0.2, 0) is 9.53 Å². The molecule has 1 atom stereocenters. The van der Waals surface area contributed by atoms with E-state index >= 15 is 0 Å². The fourth-order valence-electron chi connectivity index (χ4n) is 2.23. The van der Waals surface area contributed by atoms with E-state index in [1.54, 1.807) is 0 Å². The number of hydrogen-bond acceptors (Lipinski definition) is 3. The van der Waals surface area contributed by atoms with Gasteiger partial charge in [0.15, 0.2) is 0 Å². The average Bonchev–Trinajstić information content (AvgIpc) is 2.41. The third kappa shape index (κ3) is 7.67. The van der Waals surface area contributed by atoms with Gasteiger partial charge in [-0.2, -0.15) is 0 Å². The highest BCUT2D eigenvalue weighted by molar-refractivity contribution is 5.75. The number of amides is 1. The van der Waals surface area contributed by atoms with Crippen molar-refractivity contribution < 1.29 is 14.6 Å². The van der Waals surface area contributed by atoms with Gasteiger partial charge in [-0.05, 0) is 38.5 Å². The van der Waals surface area contributed by atoms with Gasteiger partial charge in [-0.15, -0.1) is 0 Å². The Balaban J connectivity index is 1.90. The summed E-state index contributed by atoms with van der Waals surface area (Å²) >= 11 is 0. The van der Waals surface area contributed by atoms with Crippen LogP contribution in [-0.4, -0.2) is 36.9 Å². The van der Waals surface area contributed by atoms with E-state index in [4.69, 9.17) is 9.84 Å². The molecule has 0 saturated carbocycles. The monoisotopic (exact) mass is 257 g/mol. The summed E-state index contributed by atoms with van der Waals surface area (Å²) in [6.45, 7) is 1.89. The quantitative estimate of drug-likeness (QED) is 0.621. The van der Waals surface area contributed by atoms with Crippen LogP contribution >= 0.6 is 0 Å². The molecule has 1 amide bonds. The first kappa shape index (κ1) is 15.4. The van der Waals surface area contributed by atoms with E-state index in [1.165, 1.54) is 6.42 Å².